The van der Waals surface area contributed by atoms with E-state index in [1.807, 2.05) is 24.3 Å². The molecule has 1 aromatic rings. The van der Waals surface area contributed by atoms with Crippen LogP contribution in [0, 0.1) is 0 Å². The van der Waals surface area contributed by atoms with Crippen LogP contribution in [0.5, 0.6) is 0 Å². The molecule has 1 rings (SSSR count). The van der Waals surface area contributed by atoms with E-state index in [-0.39, 0.29) is 17.5 Å². The molecule has 0 aliphatic heterocycles. The van der Waals surface area contributed by atoms with Gasteiger partial charge in [0.25, 0.3) is 0 Å². The topological polar surface area (TPSA) is 12.0 Å². The Hall–Kier alpha value is -0.200. The summed E-state index contributed by atoms with van der Waals surface area (Å²) in [6.45, 7) is 1.28. The molecule has 1 nitrogen and oxygen atoms in total. The van der Waals surface area contributed by atoms with Gasteiger partial charge in [0.15, 0.2) is 0 Å². The second-order valence-corrected chi connectivity index (χ2v) is 5.53. The van der Waals surface area contributed by atoms with Crippen molar-refractivity contribution in [1.29, 1.82) is 0 Å². The van der Waals surface area contributed by atoms with Crippen molar-refractivity contribution in [3.05, 3.63) is 34.3 Å². The number of rotatable bonds is 6. The number of hydrogen-bond donors (Lipinski definition) is 1. The molecule has 0 bridgehead atoms. The Bertz CT molecular complexity index is 326. The van der Waals surface area contributed by atoms with Gasteiger partial charge in [0.2, 0.25) is 0 Å². The van der Waals surface area contributed by atoms with E-state index in [0.29, 0.717) is 19.5 Å². The van der Waals surface area contributed by atoms with Crippen LogP contribution in [0.4, 0.5) is 13.2 Å². The van der Waals surface area contributed by atoms with Gasteiger partial charge in [-0.05, 0) is 30.7 Å². The van der Waals surface area contributed by atoms with Crippen molar-refractivity contribution >= 4 is 27.7 Å². The number of benzene rings is 1. The Balaban J connectivity index is 2.07. The molecule has 0 saturated carbocycles. The van der Waals surface area contributed by atoms with E-state index in [0.717, 1.165) is 10.0 Å². The smallest absolute Gasteiger partial charge is 0.313 e. The maximum atomic E-state index is 11.8. The zero-order valence-corrected chi connectivity index (χ0v) is 11.5. The Morgan fingerprint density at radius 1 is 1.18 bits per heavy atom. The highest BCUT2D eigenvalue weighted by molar-refractivity contribution is 9.10. The van der Waals surface area contributed by atoms with Gasteiger partial charge in [0.1, 0.15) is 0 Å². The Morgan fingerprint density at radius 2 is 1.82 bits per heavy atom. The fraction of sp³-hybridized carbons (Fsp3) is 0.455. The lowest BCUT2D eigenvalue weighted by Crippen LogP contribution is -2.16. The second kappa shape index (κ2) is 7.28. The SMILES string of the molecule is FC(F)(F)SCCCNCc1ccc(Br)cc1. The van der Waals surface area contributed by atoms with Gasteiger partial charge in [-0.1, -0.05) is 39.8 Å². The molecule has 0 atom stereocenters. The highest BCUT2D eigenvalue weighted by Gasteiger charge is 2.27. The third kappa shape index (κ3) is 7.68. The maximum absolute atomic E-state index is 11.8. The van der Waals surface area contributed by atoms with Crippen molar-refractivity contribution in [2.24, 2.45) is 0 Å². The number of alkyl halides is 3. The molecule has 0 aliphatic rings. The molecule has 0 saturated heterocycles. The van der Waals surface area contributed by atoms with Gasteiger partial charge >= 0.3 is 5.51 Å². The Kier molecular flexibility index (Phi) is 6.37. The standard InChI is InChI=1S/C11H13BrF3NS/c12-10-4-2-9(3-5-10)8-16-6-1-7-17-11(13,14)15/h2-5,16H,1,6-8H2. The van der Waals surface area contributed by atoms with Crippen LogP contribution >= 0.6 is 27.7 Å². The maximum Gasteiger partial charge on any atom is 0.441 e. The van der Waals surface area contributed by atoms with Crippen molar-refractivity contribution in [3.63, 3.8) is 0 Å². The molecule has 1 N–H and O–H groups in total. The summed E-state index contributed by atoms with van der Waals surface area (Å²) in [5, 5.41) is 3.11. The van der Waals surface area contributed by atoms with Gasteiger partial charge in [-0.3, -0.25) is 0 Å². The van der Waals surface area contributed by atoms with E-state index in [4.69, 9.17) is 0 Å². The third-order valence-corrected chi connectivity index (χ3v) is 3.35. The molecule has 0 radical (unpaired) electrons. The molecule has 0 fully saturated rings. The molecule has 1 aromatic carbocycles. The predicted molar refractivity (Wildman–Crippen MR) is 69.0 cm³/mol. The van der Waals surface area contributed by atoms with Crippen molar-refractivity contribution < 1.29 is 13.2 Å². The summed E-state index contributed by atoms with van der Waals surface area (Å²) in [6.07, 6.45) is 0.515. The first-order valence-electron chi connectivity index (χ1n) is 5.13. The van der Waals surface area contributed by atoms with Crippen LogP contribution in [0.3, 0.4) is 0 Å². The summed E-state index contributed by atoms with van der Waals surface area (Å²) in [5.41, 5.74) is -2.98. The van der Waals surface area contributed by atoms with Crippen LogP contribution in [-0.2, 0) is 6.54 Å². The monoisotopic (exact) mass is 327 g/mol. The highest BCUT2D eigenvalue weighted by Crippen LogP contribution is 2.30. The van der Waals surface area contributed by atoms with Gasteiger partial charge in [-0.25, -0.2) is 0 Å². The minimum absolute atomic E-state index is 0.0356. The summed E-state index contributed by atoms with van der Waals surface area (Å²) in [5.74, 6) is 0.108. The molecule has 0 unspecified atom stereocenters. The van der Waals surface area contributed by atoms with Crippen LogP contribution in [0.15, 0.2) is 28.7 Å². The van der Waals surface area contributed by atoms with E-state index >= 15 is 0 Å². The van der Waals surface area contributed by atoms with Gasteiger partial charge in [-0.2, -0.15) is 13.2 Å². The summed E-state index contributed by atoms with van der Waals surface area (Å²) >= 11 is 3.37. The van der Waals surface area contributed by atoms with Crippen LogP contribution in [-0.4, -0.2) is 17.8 Å². The van der Waals surface area contributed by atoms with Crippen LogP contribution < -0.4 is 5.32 Å². The molecular weight excluding hydrogens is 315 g/mol. The molecule has 0 amide bonds. The van der Waals surface area contributed by atoms with E-state index in [1.165, 1.54) is 0 Å². The number of nitrogens with one attached hydrogen (secondary N) is 1. The van der Waals surface area contributed by atoms with Gasteiger partial charge in [0, 0.05) is 16.8 Å². The lowest BCUT2D eigenvalue weighted by molar-refractivity contribution is -0.0327. The normalized spacial score (nSPS) is 11.8. The molecular formula is C11H13BrF3NS. The molecule has 0 aliphatic carbocycles. The largest absolute Gasteiger partial charge is 0.441 e. The molecule has 0 aromatic heterocycles. The summed E-state index contributed by atoms with van der Waals surface area (Å²) in [6, 6.07) is 7.83. The quantitative estimate of drug-likeness (QED) is 0.786. The fourth-order valence-corrected chi connectivity index (χ4v) is 2.00. The van der Waals surface area contributed by atoms with Gasteiger partial charge in [0.05, 0.1) is 0 Å². The third-order valence-electron chi connectivity index (χ3n) is 2.01. The number of halogens is 4. The van der Waals surface area contributed by atoms with Crippen molar-refractivity contribution in [3.8, 4) is 0 Å². The van der Waals surface area contributed by atoms with Crippen LogP contribution in [0.25, 0.3) is 0 Å². The molecule has 0 heterocycles. The second-order valence-electron chi connectivity index (χ2n) is 3.45. The number of thioether (sulfide) groups is 1. The van der Waals surface area contributed by atoms with E-state index < -0.39 is 5.51 Å². The number of hydrogen-bond acceptors (Lipinski definition) is 2. The molecule has 17 heavy (non-hydrogen) atoms. The summed E-state index contributed by atoms with van der Waals surface area (Å²) < 4.78 is 36.4. The first kappa shape index (κ1) is 14.9. The van der Waals surface area contributed by atoms with Gasteiger partial charge in [-0.15, -0.1) is 0 Å². The summed E-state index contributed by atoms with van der Waals surface area (Å²) in [4.78, 5) is 0. The van der Waals surface area contributed by atoms with E-state index in [2.05, 4.69) is 21.2 Å². The van der Waals surface area contributed by atoms with E-state index in [1.54, 1.807) is 0 Å². The predicted octanol–water partition coefficient (Wildman–Crippen LogP) is 4.18. The molecule has 96 valence electrons. The molecule has 6 heteroatoms. The zero-order chi connectivity index (χ0) is 12.7. The first-order valence-corrected chi connectivity index (χ1v) is 6.91. The minimum Gasteiger partial charge on any atom is -0.313 e. The van der Waals surface area contributed by atoms with Crippen LogP contribution in [0.2, 0.25) is 0 Å². The van der Waals surface area contributed by atoms with Crippen molar-refractivity contribution in [2.75, 3.05) is 12.3 Å². The fourth-order valence-electron chi connectivity index (χ4n) is 1.22. The molecule has 0 spiro atoms. The first-order chi connectivity index (χ1) is 7.97. The summed E-state index contributed by atoms with van der Waals surface area (Å²) in [7, 11) is 0. The Morgan fingerprint density at radius 3 is 2.41 bits per heavy atom. The highest BCUT2D eigenvalue weighted by atomic mass is 79.9. The lowest BCUT2D eigenvalue weighted by Gasteiger charge is -2.06. The lowest BCUT2D eigenvalue weighted by atomic mass is 10.2. The Labute approximate surface area is 111 Å². The van der Waals surface area contributed by atoms with E-state index in [9.17, 15) is 13.2 Å². The van der Waals surface area contributed by atoms with Crippen molar-refractivity contribution in [1.82, 2.24) is 5.32 Å². The zero-order valence-electron chi connectivity index (χ0n) is 9.06. The average Bonchev–Trinajstić information content (AvgIpc) is 2.24. The van der Waals surface area contributed by atoms with Crippen molar-refractivity contribution in [2.45, 2.75) is 18.5 Å². The minimum atomic E-state index is -4.11. The van der Waals surface area contributed by atoms with Gasteiger partial charge < -0.3 is 5.32 Å². The average molecular weight is 328 g/mol. The van der Waals surface area contributed by atoms with Crippen LogP contribution in [0.1, 0.15) is 12.0 Å².